The maximum atomic E-state index is 5.91. The highest BCUT2D eigenvalue weighted by Gasteiger charge is 2.18. The lowest BCUT2D eigenvalue weighted by atomic mass is 10.2. The summed E-state index contributed by atoms with van der Waals surface area (Å²) in [5, 5.41) is 13.0. The van der Waals surface area contributed by atoms with Crippen molar-refractivity contribution >= 4 is 28.9 Å². The molecule has 0 radical (unpaired) electrons. The van der Waals surface area contributed by atoms with Crippen LogP contribution in [0.4, 0.5) is 0 Å². The average Bonchev–Trinajstić information content (AvgIpc) is 3.05. The van der Waals surface area contributed by atoms with Gasteiger partial charge in [-0.15, -0.1) is 10.2 Å². The monoisotopic (exact) mass is 395 g/mol. The summed E-state index contributed by atoms with van der Waals surface area (Å²) < 4.78 is 5.80. The molecule has 26 heavy (non-hydrogen) atoms. The van der Waals surface area contributed by atoms with Crippen LogP contribution in [-0.4, -0.2) is 58.3 Å². The molecule has 0 atom stereocenters. The summed E-state index contributed by atoms with van der Waals surface area (Å²) in [5.41, 5.74) is 0.841. The van der Waals surface area contributed by atoms with E-state index < -0.39 is 0 Å². The molecule has 0 aliphatic carbocycles. The Bertz CT molecular complexity index is 702. The van der Waals surface area contributed by atoms with Crippen LogP contribution in [0, 0.1) is 0 Å². The van der Waals surface area contributed by atoms with Gasteiger partial charge in [-0.05, 0) is 77.4 Å². The zero-order chi connectivity index (χ0) is 19.1. The number of benzene rings is 1. The van der Waals surface area contributed by atoms with E-state index in [-0.39, 0.29) is 6.04 Å². The smallest absolute Gasteiger partial charge is 0.247 e. The summed E-state index contributed by atoms with van der Waals surface area (Å²) >= 11 is 11.5. The van der Waals surface area contributed by atoms with Gasteiger partial charge in [0.25, 0.3) is 0 Å². The number of thiocarbonyl (C=S) groups is 1. The van der Waals surface area contributed by atoms with Gasteiger partial charge in [0, 0.05) is 23.2 Å². The van der Waals surface area contributed by atoms with E-state index in [4.69, 9.17) is 28.2 Å². The predicted octanol–water partition coefficient (Wildman–Crippen LogP) is 3.43. The van der Waals surface area contributed by atoms with Crippen LogP contribution in [0.1, 0.15) is 26.2 Å². The molecule has 0 bridgehead atoms. The van der Waals surface area contributed by atoms with E-state index >= 15 is 0 Å². The predicted molar refractivity (Wildman–Crippen MR) is 109 cm³/mol. The zero-order valence-corrected chi connectivity index (χ0v) is 17.3. The number of hydrogen-bond acceptors (Lipinski definition) is 5. The molecular formula is C18H26ClN5OS. The highest BCUT2D eigenvalue weighted by atomic mass is 35.5. The molecule has 0 amide bonds. The Labute approximate surface area is 165 Å². The zero-order valence-electron chi connectivity index (χ0n) is 15.7. The third kappa shape index (κ3) is 6.23. The molecule has 6 nitrogen and oxygen atoms in total. The van der Waals surface area contributed by atoms with Gasteiger partial charge < -0.3 is 19.5 Å². The molecule has 142 valence electrons. The lowest BCUT2D eigenvalue weighted by Gasteiger charge is -2.28. The largest absolute Gasteiger partial charge is 0.419 e. The van der Waals surface area contributed by atoms with Gasteiger partial charge in [0.15, 0.2) is 5.11 Å². The van der Waals surface area contributed by atoms with Crippen molar-refractivity contribution in [2.45, 2.75) is 32.9 Å². The van der Waals surface area contributed by atoms with Crippen LogP contribution in [0.2, 0.25) is 5.02 Å². The van der Waals surface area contributed by atoms with Gasteiger partial charge in [-0.1, -0.05) is 11.6 Å². The summed E-state index contributed by atoms with van der Waals surface area (Å²) in [6, 6.07) is 7.53. The summed E-state index contributed by atoms with van der Waals surface area (Å²) in [7, 11) is 4.12. The fraction of sp³-hybridized carbons (Fsp3) is 0.500. The van der Waals surface area contributed by atoms with Crippen LogP contribution in [0.15, 0.2) is 28.7 Å². The van der Waals surface area contributed by atoms with Crippen LogP contribution in [0.5, 0.6) is 0 Å². The maximum absolute atomic E-state index is 5.91. The standard InChI is InChI=1S/C18H26ClN5OS/c1-13(2)24(18(26)20-10-5-11-23(3)4)12-16-21-22-17(25-16)14-6-8-15(19)9-7-14/h6-9,13H,5,10-12H2,1-4H3,(H,20,26). The molecular weight excluding hydrogens is 370 g/mol. The topological polar surface area (TPSA) is 57.4 Å². The molecule has 1 heterocycles. The first-order valence-electron chi connectivity index (χ1n) is 8.64. The first-order chi connectivity index (χ1) is 12.4. The van der Waals surface area contributed by atoms with Gasteiger partial charge in [0.05, 0.1) is 6.54 Å². The summed E-state index contributed by atoms with van der Waals surface area (Å²) in [6.45, 7) is 6.50. The van der Waals surface area contributed by atoms with Crippen LogP contribution in [-0.2, 0) is 6.54 Å². The van der Waals surface area contributed by atoms with Crippen LogP contribution >= 0.6 is 23.8 Å². The van der Waals surface area contributed by atoms with Crippen molar-refractivity contribution in [2.75, 3.05) is 27.2 Å². The lowest BCUT2D eigenvalue weighted by Crippen LogP contribution is -2.43. The van der Waals surface area contributed by atoms with E-state index in [1.807, 2.05) is 17.0 Å². The fourth-order valence-corrected chi connectivity index (χ4v) is 2.86. The van der Waals surface area contributed by atoms with Crippen molar-refractivity contribution < 1.29 is 4.42 Å². The highest BCUT2D eigenvalue weighted by Crippen LogP contribution is 2.21. The van der Waals surface area contributed by atoms with Gasteiger partial charge in [0.2, 0.25) is 11.8 Å². The molecule has 0 aliphatic rings. The minimum Gasteiger partial charge on any atom is -0.419 e. The van der Waals surface area contributed by atoms with Crippen LogP contribution < -0.4 is 5.32 Å². The van der Waals surface area contributed by atoms with Crippen molar-refractivity contribution in [3.8, 4) is 11.5 Å². The SMILES string of the molecule is CC(C)N(Cc1nnc(-c2ccc(Cl)cc2)o1)C(=S)NCCCN(C)C. The Morgan fingerprint density at radius 2 is 1.92 bits per heavy atom. The third-order valence-electron chi connectivity index (χ3n) is 3.81. The third-order valence-corrected chi connectivity index (χ3v) is 4.44. The molecule has 1 N–H and O–H groups in total. The van der Waals surface area contributed by atoms with E-state index in [2.05, 4.69) is 48.4 Å². The molecule has 1 aromatic heterocycles. The van der Waals surface area contributed by atoms with Gasteiger partial charge in [0.1, 0.15) is 0 Å². The van der Waals surface area contributed by atoms with Crippen molar-refractivity contribution in [1.29, 1.82) is 0 Å². The van der Waals surface area contributed by atoms with Gasteiger partial charge in [-0.3, -0.25) is 0 Å². The molecule has 2 aromatic rings. The number of nitrogens with one attached hydrogen (secondary N) is 1. The maximum Gasteiger partial charge on any atom is 0.247 e. The van der Waals surface area contributed by atoms with Crippen molar-refractivity contribution in [3.63, 3.8) is 0 Å². The first-order valence-corrected chi connectivity index (χ1v) is 9.43. The molecule has 0 spiro atoms. The van der Waals surface area contributed by atoms with E-state index in [1.54, 1.807) is 12.1 Å². The summed E-state index contributed by atoms with van der Waals surface area (Å²) in [6.07, 6.45) is 1.03. The molecule has 0 saturated heterocycles. The van der Waals surface area contributed by atoms with Crippen molar-refractivity contribution in [1.82, 2.24) is 25.3 Å². The van der Waals surface area contributed by atoms with Crippen molar-refractivity contribution in [3.05, 3.63) is 35.2 Å². The fourth-order valence-electron chi connectivity index (χ4n) is 2.35. The second kappa shape index (κ2) is 9.85. The number of nitrogens with zero attached hydrogens (tertiary/aromatic N) is 4. The van der Waals surface area contributed by atoms with Gasteiger partial charge >= 0.3 is 0 Å². The Morgan fingerprint density at radius 1 is 1.23 bits per heavy atom. The molecule has 2 rings (SSSR count). The molecule has 0 fully saturated rings. The molecule has 0 saturated carbocycles. The van der Waals surface area contributed by atoms with Gasteiger partial charge in [-0.2, -0.15) is 0 Å². The van der Waals surface area contributed by atoms with Crippen molar-refractivity contribution in [2.24, 2.45) is 0 Å². The Balaban J connectivity index is 1.97. The quantitative estimate of drug-likeness (QED) is 0.542. The van der Waals surface area contributed by atoms with Gasteiger partial charge in [-0.25, -0.2) is 0 Å². The second-order valence-corrected chi connectivity index (χ2v) is 7.44. The highest BCUT2D eigenvalue weighted by molar-refractivity contribution is 7.80. The van der Waals surface area contributed by atoms with Crippen LogP contribution in [0.25, 0.3) is 11.5 Å². The Morgan fingerprint density at radius 3 is 2.54 bits per heavy atom. The van der Waals surface area contributed by atoms with E-state index in [9.17, 15) is 0 Å². The minimum absolute atomic E-state index is 0.217. The number of rotatable bonds is 8. The van der Waals surface area contributed by atoms with Crippen LogP contribution in [0.3, 0.4) is 0 Å². The normalized spacial score (nSPS) is 11.2. The first kappa shape index (κ1) is 20.6. The van der Waals surface area contributed by atoms with E-state index in [0.717, 1.165) is 25.1 Å². The molecule has 1 aromatic carbocycles. The number of aromatic nitrogens is 2. The lowest BCUT2D eigenvalue weighted by molar-refractivity contribution is 0.300. The second-order valence-electron chi connectivity index (χ2n) is 6.62. The minimum atomic E-state index is 0.217. The number of halogens is 1. The summed E-state index contributed by atoms with van der Waals surface area (Å²) in [5.74, 6) is 1.01. The average molecular weight is 396 g/mol. The molecule has 0 aliphatic heterocycles. The molecule has 0 unspecified atom stereocenters. The Hall–Kier alpha value is -1.70. The van der Waals surface area contributed by atoms with E-state index in [1.165, 1.54) is 0 Å². The summed E-state index contributed by atoms with van der Waals surface area (Å²) in [4.78, 5) is 4.20. The Kier molecular flexibility index (Phi) is 7.81. The number of hydrogen-bond donors (Lipinski definition) is 1. The van der Waals surface area contributed by atoms with E-state index in [0.29, 0.717) is 28.5 Å². The molecule has 8 heteroatoms.